The molecule has 3 rings (SSSR count). The van der Waals surface area contributed by atoms with Crippen LogP contribution in [0.25, 0.3) is 0 Å². The van der Waals surface area contributed by atoms with Crippen molar-refractivity contribution in [3.8, 4) is 0 Å². The van der Waals surface area contributed by atoms with Crippen LogP contribution in [-0.2, 0) is 14.4 Å². The lowest BCUT2D eigenvalue weighted by atomic mass is 9.88. The van der Waals surface area contributed by atoms with Crippen LogP contribution < -0.4 is 16.8 Å². The molecule has 2 atom stereocenters. The minimum Gasteiger partial charge on any atom is -0.383 e. The third kappa shape index (κ3) is 5.36. The first kappa shape index (κ1) is 27.2. The molecule has 0 saturated carbocycles. The standard InChI is InChI=1S/C24H31ClN6O5/c1-12(32)17(15-10-13(22(34)28-5)6-7-16(15)25)19-18(21(27)33)20(26)31(29-19)14-8-9-30(11-14)36-23(35)24(2,3)4/h6-7,10,14,17H,8-9,11,26H2,1-5H3,(H2,27,33)(H,28,34)/t14-,17?/m0/s1. The number of anilines is 1. The summed E-state index contributed by atoms with van der Waals surface area (Å²) in [5.41, 5.74) is 11.8. The van der Waals surface area contributed by atoms with Gasteiger partial charge < -0.3 is 21.6 Å². The average Bonchev–Trinajstić information content (AvgIpc) is 3.37. The van der Waals surface area contributed by atoms with E-state index in [1.54, 1.807) is 20.8 Å². The van der Waals surface area contributed by atoms with E-state index in [2.05, 4.69) is 10.4 Å². The van der Waals surface area contributed by atoms with E-state index in [1.165, 1.54) is 41.9 Å². The number of hydroxylamine groups is 2. The van der Waals surface area contributed by atoms with Crippen molar-refractivity contribution in [1.82, 2.24) is 20.2 Å². The van der Waals surface area contributed by atoms with E-state index in [4.69, 9.17) is 27.9 Å². The van der Waals surface area contributed by atoms with Gasteiger partial charge >= 0.3 is 5.97 Å². The maximum absolute atomic E-state index is 12.9. The van der Waals surface area contributed by atoms with Crippen LogP contribution in [0.15, 0.2) is 18.2 Å². The summed E-state index contributed by atoms with van der Waals surface area (Å²) in [5.74, 6) is -3.07. The van der Waals surface area contributed by atoms with E-state index < -0.39 is 17.2 Å². The van der Waals surface area contributed by atoms with Gasteiger partial charge in [-0.2, -0.15) is 5.10 Å². The molecule has 1 fully saturated rings. The van der Waals surface area contributed by atoms with Gasteiger partial charge in [0.1, 0.15) is 17.2 Å². The third-order valence-electron chi connectivity index (χ3n) is 5.99. The number of Topliss-reactive ketones (excluding diaryl/α,β-unsaturated/α-hetero) is 1. The summed E-state index contributed by atoms with van der Waals surface area (Å²) in [4.78, 5) is 55.3. The first-order valence-electron chi connectivity index (χ1n) is 11.4. The number of nitrogens with zero attached hydrogens (tertiary/aromatic N) is 3. The summed E-state index contributed by atoms with van der Waals surface area (Å²) in [6, 6.07) is 4.16. The largest absolute Gasteiger partial charge is 0.383 e. The molecule has 2 amide bonds. The highest BCUT2D eigenvalue weighted by Crippen LogP contribution is 2.37. The Hall–Kier alpha value is -3.44. The summed E-state index contributed by atoms with van der Waals surface area (Å²) in [5, 5.41) is 8.81. The van der Waals surface area contributed by atoms with Crippen LogP contribution in [0, 0.1) is 5.41 Å². The van der Waals surface area contributed by atoms with E-state index in [9.17, 15) is 19.2 Å². The van der Waals surface area contributed by atoms with Gasteiger partial charge in [0.2, 0.25) is 0 Å². The van der Waals surface area contributed by atoms with Crippen molar-refractivity contribution in [2.75, 3.05) is 25.9 Å². The second kappa shape index (κ2) is 10.3. The fraction of sp³-hybridized carbons (Fsp3) is 0.458. The molecule has 1 aliphatic heterocycles. The lowest BCUT2D eigenvalue weighted by Crippen LogP contribution is -2.32. The maximum Gasteiger partial charge on any atom is 0.330 e. The second-order valence-electron chi connectivity index (χ2n) is 9.77. The lowest BCUT2D eigenvalue weighted by molar-refractivity contribution is -0.195. The van der Waals surface area contributed by atoms with Gasteiger partial charge in [-0.25, -0.2) is 9.48 Å². The number of nitrogens with two attached hydrogens (primary N) is 2. The van der Waals surface area contributed by atoms with Gasteiger partial charge in [-0.3, -0.25) is 14.4 Å². The molecule has 0 bridgehead atoms. The number of carbonyl (C=O) groups is 4. The normalized spacial score (nSPS) is 17.0. The highest BCUT2D eigenvalue weighted by atomic mass is 35.5. The van der Waals surface area contributed by atoms with Gasteiger partial charge in [-0.1, -0.05) is 11.6 Å². The van der Waals surface area contributed by atoms with E-state index >= 15 is 0 Å². The first-order valence-corrected chi connectivity index (χ1v) is 11.8. The number of ketones is 1. The van der Waals surface area contributed by atoms with Crippen molar-refractivity contribution in [2.24, 2.45) is 11.1 Å². The Labute approximate surface area is 214 Å². The van der Waals surface area contributed by atoms with Crippen LogP contribution >= 0.6 is 11.6 Å². The van der Waals surface area contributed by atoms with Crippen molar-refractivity contribution < 1.29 is 24.0 Å². The highest BCUT2D eigenvalue weighted by Gasteiger charge is 2.37. The molecule has 36 heavy (non-hydrogen) atoms. The van der Waals surface area contributed by atoms with Crippen LogP contribution in [0.3, 0.4) is 0 Å². The Morgan fingerprint density at radius 1 is 1.25 bits per heavy atom. The average molecular weight is 519 g/mol. The molecular weight excluding hydrogens is 488 g/mol. The molecule has 11 nitrogen and oxygen atoms in total. The first-order chi connectivity index (χ1) is 16.8. The molecule has 2 heterocycles. The zero-order valence-corrected chi connectivity index (χ0v) is 21.7. The molecule has 1 saturated heterocycles. The van der Waals surface area contributed by atoms with Crippen LogP contribution in [0.4, 0.5) is 5.82 Å². The molecule has 5 N–H and O–H groups in total. The van der Waals surface area contributed by atoms with E-state index in [-0.39, 0.29) is 57.9 Å². The van der Waals surface area contributed by atoms with Gasteiger partial charge in [0.25, 0.3) is 11.8 Å². The third-order valence-corrected chi connectivity index (χ3v) is 6.34. The van der Waals surface area contributed by atoms with E-state index in [0.29, 0.717) is 18.5 Å². The molecule has 1 aromatic heterocycles. The van der Waals surface area contributed by atoms with Gasteiger partial charge in [0, 0.05) is 24.2 Å². The van der Waals surface area contributed by atoms with Crippen molar-refractivity contribution in [3.63, 3.8) is 0 Å². The van der Waals surface area contributed by atoms with Crippen molar-refractivity contribution >= 4 is 41.0 Å². The molecule has 0 radical (unpaired) electrons. The SMILES string of the molecule is CNC(=O)c1ccc(Cl)c(C(C(C)=O)c2nn([C@H]3CCN(OC(=O)C(C)(C)C)C3)c(N)c2C(N)=O)c1. The van der Waals surface area contributed by atoms with E-state index in [1.807, 2.05) is 0 Å². The Morgan fingerprint density at radius 2 is 1.92 bits per heavy atom. The van der Waals surface area contributed by atoms with E-state index in [0.717, 1.165) is 0 Å². The number of nitrogen functional groups attached to an aromatic ring is 1. The van der Waals surface area contributed by atoms with Crippen LogP contribution in [0.1, 0.15) is 78.0 Å². The van der Waals surface area contributed by atoms with Gasteiger partial charge in [-0.05, 0) is 57.9 Å². The quantitative estimate of drug-likeness (QED) is 0.501. The second-order valence-corrected chi connectivity index (χ2v) is 10.2. The molecule has 0 aliphatic carbocycles. The number of primary amides is 1. The van der Waals surface area contributed by atoms with Gasteiger partial charge in [0.05, 0.1) is 29.6 Å². The maximum atomic E-state index is 12.9. The smallest absolute Gasteiger partial charge is 0.330 e. The number of benzene rings is 1. The zero-order chi connectivity index (χ0) is 26.9. The number of halogens is 1. The lowest BCUT2D eigenvalue weighted by Gasteiger charge is -2.22. The van der Waals surface area contributed by atoms with Crippen molar-refractivity contribution in [3.05, 3.63) is 45.6 Å². The molecule has 0 spiro atoms. The minimum absolute atomic E-state index is 0.00340. The summed E-state index contributed by atoms with van der Waals surface area (Å²) >= 11 is 6.42. The van der Waals surface area contributed by atoms with Crippen LogP contribution in [0.2, 0.25) is 5.02 Å². The van der Waals surface area contributed by atoms with Crippen molar-refractivity contribution in [1.29, 1.82) is 0 Å². The topological polar surface area (TPSA) is 163 Å². The van der Waals surface area contributed by atoms with Crippen molar-refractivity contribution in [2.45, 2.75) is 46.1 Å². The zero-order valence-electron chi connectivity index (χ0n) is 20.9. The summed E-state index contributed by atoms with van der Waals surface area (Å²) in [6.45, 7) is 7.31. The molecule has 2 aromatic rings. The summed E-state index contributed by atoms with van der Waals surface area (Å²) in [6.07, 6.45) is 0.526. The Bertz CT molecular complexity index is 1220. The summed E-state index contributed by atoms with van der Waals surface area (Å²) in [7, 11) is 1.48. The van der Waals surface area contributed by atoms with Crippen LogP contribution in [0.5, 0.6) is 0 Å². The molecular formula is C24H31ClN6O5. The highest BCUT2D eigenvalue weighted by molar-refractivity contribution is 6.32. The van der Waals surface area contributed by atoms with Gasteiger partial charge in [-0.15, -0.1) is 5.06 Å². The molecule has 1 unspecified atom stereocenters. The number of hydrogen-bond acceptors (Lipinski definition) is 8. The predicted octanol–water partition coefficient (Wildman–Crippen LogP) is 2.05. The number of carbonyl (C=O) groups excluding carboxylic acids is 4. The van der Waals surface area contributed by atoms with Gasteiger partial charge in [0.15, 0.2) is 0 Å². The summed E-state index contributed by atoms with van der Waals surface area (Å²) < 4.78 is 1.44. The Morgan fingerprint density at radius 3 is 2.47 bits per heavy atom. The predicted molar refractivity (Wildman–Crippen MR) is 133 cm³/mol. The number of hydrogen-bond donors (Lipinski definition) is 3. The number of nitrogens with one attached hydrogen (secondary N) is 1. The number of rotatable bonds is 7. The monoisotopic (exact) mass is 518 g/mol. The molecule has 1 aromatic carbocycles. The number of amides is 2. The fourth-order valence-electron chi connectivity index (χ4n) is 4.06. The molecule has 194 valence electrons. The minimum atomic E-state index is -1.09. The fourth-order valence-corrected chi connectivity index (χ4v) is 4.28. The number of aromatic nitrogens is 2. The molecule has 1 aliphatic rings. The Balaban J connectivity index is 2.04. The molecule has 12 heteroatoms. The van der Waals surface area contributed by atoms with Crippen LogP contribution in [-0.4, -0.2) is 58.5 Å². The Kier molecular flexibility index (Phi) is 7.75.